The number of ether oxygens (including phenoxy) is 1. The van der Waals surface area contributed by atoms with Crippen LogP contribution >= 0.6 is 11.6 Å². The Hall–Kier alpha value is -2.08. The lowest BCUT2D eigenvalue weighted by Gasteiger charge is -2.05. The zero-order valence-corrected chi connectivity index (χ0v) is 11.6. The Kier molecular flexibility index (Phi) is 3.94. The van der Waals surface area contributed by atoms with Crippen LogP contribution in [0.5, 0.6) is 0 Å². The summed E-state index contributed by atoms with van der Waals surface area (Å²) in [4.78, 5) is 15.7. The average Bonchev–Trinajstić information content (AvgIpc) is 2.68. The van der Waals surface area contributed by atoms with E-state index < -0.39 is 11.8 Å². The number of imidazole rings is 1. The predicted molar refractivity (Wildman–Crippen MR) is 70.5 cm³/mol. The number of hydrogen-bond acceptors (Lipinski definition) is 4. The van der Waals surface area contributed by atoms with E-state index in [0.717, 1.165) is 0 Å². The van der Waals surface area contributed by atoms with E-state index >= 15 is 0 Å². The average molecular weight is 299 g/mol. The fourth-order valence-electron chi connectivity index (χ4n) is 1.80. The zero-order chi connectivity index (χ0) is 14.9. The molecule has 0 fully saturated rings. The molecule has 1 heterocycles. The van der Waals surface area contributed by atoms with Gasteiger partial charge in [-0.2, -0.15) is 4.73 Å². The largest absolute Gasteiger partial charge is 0.461 e. The molecule has 0 aliphatic carbocycles. The predicted octanol–water partition coefficient (Wildman–Crippen LogP) is 3.07. The monoisotopic (exact) mass is 298 g/mol. The van der Waals surface area contributed by atoms with Crippen LogP contribution in [0, 0.1) is 12.7 Å². The summed E-state index contributed by atoms with van der Waals surface area (Å²) in [6.07, 6.45) is 0. The number of aromatic nitrogens is 2. The van der Waals surface area contributed by atoms with Gasteiger partial charge in [-0.15, -0.1) is 0 Å². The quantitative estimate of drug-likeness (QED) is 0.698. The van der Waals surface area contributed by atoms with Crippen LogP contribution in [0.2, 0.25) is 5.02 Å². The standard InChI is InChI=1S/C13H12ClFN2O3/c1-3-20-13(18)11-7(2)16-12(17(11)19)8-5-4-6-9(14)10(8)15/h4-6,19H,3H2,1-2H3. The third-order valence-electron chi connectivity index (χ3n) is 2.69. The summed E-state index contributed by atoms with van der Waals surface area (Å²) in [5.74, 6) is -1.55. The fourth-order valence-corrected chi connectivity index (χ4v) is 1.98. The molecular formula is C13H12ClFN2O3. The summed E-state index contributed by atoms with van der Waals surface area (Å²) in [5.41, 5.74) is 0.0974. The van der Waals surface area contributed by atoms with Crippen LogP contribution in [0.15, 0.2) is 18.2 Å². The van der Waals surface area contributed by atoms with Gasteiger partial charge in [-0.3, -0.25) is 0 Å². The van der Waals surface area contributed by atoms with Crippen LogP contribution < -0.4 is 0 Å². The maximum Gasteiger partial charge on any atom is 0.360 e. The number of nitrogens with zero attached hydrogens (tertiary/aromatic N) is 2. The highest BCUT2D eigenvalue weighted by Gasteiger charge is 2.24. The van der Waals surface area contributed by atoms with Gasteiger partial charge < -0.3 is 9.94 Å². The number of carbonyl (C=O) groups excluding carboxylic acids is 1. The summed E-state index contributed by atoms with van der Waals surface area (Å²) >= 11 is 5.69. The van der Waals surface area contributed by atoms with Gasteiger partial charge in [-0.25, -0.2) is 14.2 Å². The smallest absolute Gasteiger partial charge is 0.360 e. The Bertz CT molecular complexity index is 670. The van der Waals surface area contributed by atoms with Gasteiger partial charge in [0.1, 0.15) is 0 Å². The molecule has 0 amide bonds. The molecule has 2 aromatic rings. The molecule has 0 saturated heterocycles. The molecule has 2 rings (SSSR count). The highest BCUT2D eigenvalue weighted by Crippen LogP contribution is 2.28. The Morgan fingerprint density at radius 3 is 2.90 bits per heavy atom. The molecule has 0 radical (unpaired) electrons. The van der Waals surface area contributed by atoms with Gasteiger partial charge in [0.15, 0.2) is 17.3 Å². The van der Waals surface area contributed by atoms with Crippen LogP contribution in [0.1, 0.15) is 23.1 Å². The summed E-state index contributed by atoms with van der Waals surface area (Å²) in [5, 5.41) is 9.92. The molecule has 0 bridgehead atoms. The molecular weight excluding hydrogens is 287 g/mol. The molecule has 7 heteroatoms. The van der Waals surface area contributed by atoms with Gasteiger partial charge in [0.25, 0.3) is 0 Å². The van der Waals surface area contributed by atoms with Crippen molar-refractivity contribution in [3.05, 3.63) is 40.4 Å². The zero-order valence-electron chi connectivity index (χ0n) is 10.9. The fraction of sp³-hybridized carbons (Fsp3) is 0.231. The van der Waals surface area contributed by atoms with Crippen molar-refractivity contribution in [3.8, 4) is 11.4 Å². The summed E-state index contributed by atoms with van der Waals surface area (Å²) < 4.78 is 19.3. The van der Waals surface area contributed by atoms with Crippen molar-refractivity contribution in [1.82, 2.24) is 9.71 Å². The minimum atomic E-state index is -0.728. The first-order chi connectivity index (χ1) is 9.47. The second-order valence-electron chi connectivity index (χ2n) is 4.00. The molecule has 5 nitrogen and oxygen atoms in total. The van der Waals surface area contributed by atoms with Crippen molar-refractivity contribution in [2.45, 2.75) is 13.8 Å². The highest BCUT2D eigenvalue weighted by molar-refractivity contribution is 6.31. The summed E-state index contributed by atoms with van der Waals surface area (Å²) in [6, 6.07) is 4.31. The van der Waals surface area contributed by atoms with E-state index in [0.29, 0.717) is 4.73 Å². The van der Waals surface area contributed by atoms with Gasteiger partial charge in [0.05, 0.1) is 22.9 Å². The van der Waals surface area contributed by atoms with Crippen LogP contribution in [0.25, 0.3) is 11.4 Å². The molecule has 1 aromatic carbocycles. The molecule has 0 aliphatic heterocycles. The number of carbonyl (C=O) groups is 1. The third-order valence-corrected chi connectivity index (χ3v) is 2.98. The maximum atomic E-state index is 13.9. The Labute approximate surface area is 119 Å². The van der Waals surface area contributed by atoms with Gasteiger partial charge in [0.2, 0.25) is 0 Å². The van der Waals surface area contributed by atoms with Gasteiger partial charge in [0, 0.05) is 0 Å². The Morgan fingerprint density at radius 1 is 1.55 bits per heavy atom. The first kappa shape index (κ1) is 14.3. The molecule has 0 spiro atoms. The van der Waals surface area contributed by atoms with Crippen molar-refractivity contribution in [2.24, 2.45) is 0 Å². The van der Waals surface area contributed by atoms with Crippen molar-refractivity contribution in [1.29, 1.82) is 0 Å². The normalized spacial score (nSPS) is 10.6. The number of halogens is 2. The van der Waals surface area contributed by atoms with Gasteiger partial charge in [-0.1, -0.05) is 17.7 Å². The van der Waals surface area contributed by atoms with E-state index in [1.807, 2.05) is 0 Å². The van der Waals surface area contributed by atoms with Crippen molar-refractivity contribution in [3.63, 3.8) is 0 Å². The third kappa shape index (κ3) is 2.34. The topological polar surface area (TPSA) is 64.3 Å². The molecule has 20 heavy (non-hydrogen) atoms. The lowest BCUT2D eigenvalue weighted by atomic mass is 10.2. The molecule has 0 aliphatic rings. The minimum Gasteiger partial charge on any atom is -0.461 e. The van der Waals surface area contributed by atoms with Crippen molar-refractivity contribution < 1.29 is 19.1 Å². The number of esters is 1. The van der Waals surface area contributed by atoms with E-state index in [-0.39, 0.29) is 34.4 Å². The minimum absolute atomic E-state index is 0.00125. The number of aryl methyl sites for hydroxylation is 1. The van der Waals surface area contributed by atoms with Crippen molar-refractivity contribution >= 4 is 17.6 Å². The maximum absolute atomic E-state index is 13.9. The highest BCUT2D eigenvalue weighted by atomic mass is 35.5. The SMILES string of the molecule is CCOC(=O)c1c(C)nc(-c2cccc(Cl)c2F)n1O. The first-order valence-electron chi connectivity index (χ1n) is 5.87. The molecule has 1 N–H and O–H groups in total. The molecule has 0 unspecified atom stereocenters. The van der Waals surface area contributed by atoms with Gasteiger partial charge >= 0.3 is 5.97 Å². The number of hydrogen-bond donors (Lipinski definition) is 1. The Balaban J connectivity index is 2.57. The van der Waals surface area contributed by atoms with Crippen LogP contribution in [-0.4, -0.2) is 27.5 Å². The number of rotatable bonds is 3. The lowest BCUT2D eigenvalue weighted by molar-refractivity contribution is 0.0476. The molecule has 106 valence electrons. The summed E-state index contributed by atoms with van der Waals surface area (Å²) in [7, 11) is 0. The number of benzene rings is 1. The molecule has 1 aromatic heterocycles. The Morgan fingerprint density at radius 2 is 2.25 bits per heavy atom. The second-order valence-corrected chi connectivity index (χ2v) is 4.41. The van der Waals surface area contributed by atoms with Crippen LogP contribution in [0.3, 0.4) is 0 Å². The van der Waals surface area contributed by atoms with E-state index in [1.165, 1.54) is 25.1 Å². The van der Waals surface area contributed by atoms with E-state index in [4.69, 9.17) is 16.3 Å². The second kappa shape index (κ2) is 5.50. The van der Waals surface area contributed by atoms with E-state index in [9.17, 15) is 14.4 Å². The van der Waals surface area contributed by atoms with E-state index in [2.05, 4.69) is 4.98 Å². The van der Waals surface area contributed by atoms with E-state index in [1.54, 1.807) is 6.92 Å². The lowest BCUT2D eigenvalue weighted by Crippen LogP contribution is -2.12. The molecule has 0 saturated carbocycles. The van der Waals surface area contributed by atoms with Crippen molar-refractivity contribution in [2.75, 3.05) is 6.61 Å². The van der Waals surface area contributed by atoms with Crippen LogP contribution in [-0.2, 0) is 4.74 Å². The molecule has 0 atom stereocenters. The van der Waals surface area contributed by atoms with Gasteiger partial charge in [-0.05, 0) is 26.0 Å². The first-order valence-corrected chi connectivity index (χ1v) is 6.25. The van der Waals surface area contributed by atoms with Crippen LogP contribution in [0.4, 0.5) is 4.39 Å². The summed E-state index contributed by atoms with van der Waals surface area (Å²) in [6.45, 7) is 3.32.